The number of aliphatic hydroxyl groups excluding tert-OH is 1. The molecule has 1 aromatic rings. The van der Waals surface area contributed by atoms with Crippen LogP contribution in [-0.4, -0.2) is 41.7 Å². The molecule has 0 atom stereocenters. The second-order valence-electron chi connectivity index (χ2n) is 4.86. The van der Waals surface area contributed by atoms with E-state index >= 15 is 0 Å². The van der Waals surface area contributed by atoms with Crippen LogP contribution in [0.5, 0.6) is 0 Å². The van der Waals surface area contributed by atoms with E-state index in [-0.39, 0.29) is 25.1 Å². The number of hydrogen-bond acceptors (Lipinski definition) is 3. The molecule has 4 heteroatoms. The van der Waals surface area contributed by atoms with E-state index in [4.69, 9.17) is 5.73 Å². The highest BCUT2D eigenvalue weighted by atomic mass is 16.3. The van der Waals surface area contributed by atoms with Gasteiger partial charge in [-0.05, 0) is 31.4 Å². The van der Waals surface area contributed by atoms with Gasteiger partial charge in [-0.3, -0.25) is 4.79 Å². The second kappa shape index (κ2) is 7.09. The third-order valence-electron chi connectivity index (χ3n) is 3.60. The maximum absolute atomic E-state index is 12.7. The summed E-state index contributed by atoms with van der Waals surface area (Å²) >= 11 is 0. The summed E-state index contributed by atoms with van der Waals surface area (Å²) in [5, 5.41) is 9.17. The quantitative estimate of drug-likeness (QED) is 0.803. The van der Waals surface area contributed by atoms with E-state index in [1.165, 1.54) is 0 Å². The Morgan fingerprint density at radius 3 is 2.75 bits per heavy atom. The van der Waals surface area contributed by atoms with Crippen LogP contribution in [0.15, 0.2) is 24.3 Å². The molecule has 4 nitrogen and oxygen atoms in total. The monoisotopic (exact) mass is 272 g/mol. The number of benzene rings is 1. The Morgan fingerprint density at radius 1 is 1.40 bits per heavy atom. The summed E-state index contributed by atoms with van der Waals surface area (Å²) in [6.45, 7) is 0.631. The van der Waals surface area contributed by atoms with E-state index in [0.717, 1.165) is 19.3 Å². The average molecular weight is 272 g/mol. The van der Waals surface area contributed by atoms with Crippen LogP contribution in [0.2, 0.25) is 0 Å². The minimum Gasteiger partial charge on any atom is -0.395 e. The lowest BCUT2D eigenvalue weighted by Gasteiger charge is -2.37. The van der Waals surface area contributed by atoms with E-state index in [1.54, 1.807) is 11.0 Å². The zero-order valence-electron chi connectivity index (χ0n) is 11.5. The van der Waals surface area contributed by atoms with Crippen LogP contribution in [0.4, 0.5) is 0 Å². The van der Waals surface area contributed by atoms with E-state index in [0.29, 0.717) is 17.7 Å². The Labute approximate surface area is 119 Å². The lowest BCUT2D eigenvalue weighted by atomic mass is 9.90. The predicted molar refractivity (Wildman–Crippen MR) is 78.1 cm³/mol. The largest absolute Gasteiger partial charge is 0.395 e. The summed E-state index contributed by atoms with van der Waals surface area (Å²) in [7, 11) is 0. The summed E-state index contributed by atoms with van der Waals surface area (Å²) in [6.07, 6.45) is 3.18. The third-order valence-corrected chi connectivity index (χ3v) is 3.60. The van der Waals surface area contributed by atoms with Crippen LogP contribution >= 0.6 is 0 Å². The van der Waals surface area contributed by atoms with Crippen LogP contribution in [-0.2, 0) is 0 Å². The highest BCUT2D eigenvalue weighted by molar-refractivity contribution is 5.97. The fourth-order valence-electron chi connectivity index (χ4n) is 2.34. The summed E-state index contributed by atoms with van der Waals surface area (Å²) < 4.78 is 0. The molecule has 0 spiro atoms. The van der Waals surface area contributed by atoms with Crippen LogP contribution in [0.25, 0.3) is 0 Å². The van der Waals surface area contributed by atoms with E-state index in [9.17, 15) is 9.90 Å². The molecule has 0 unspecified atom stereocenters. The van der Waals surface area contributed by atoms with Crippen molar-refractivity contribution in [2.45, 2.75) is 25.3 Å². The van der Waals surface area contributed by atoms with Gasteiger partial charge in [-0.15, -0.1) is 0 Å². The van der Waals surface area contributed by atoms with Crippen LogP contribution in [0.1, 0.15) is 35.2 Å². The number of hydrogen-bond donors (Lipinski definition) is 2. The van der Waals surface area contributed by atoms with E-state index in [2.05, 4.69) is 11.8 Å². The highest BCUT2D eigenvalue weighted by Crippen LogP contribution is 2.26. The minimum absolute atomic E-state index is 0.0150. The Morgan fingerprint density at radius 2 is 2.15 bits per heavy atom. The van der Waals surface area contributed by atoms with Gasteiger partial charge >= 0.3 is 0 Å². The number of carbonyl (C=O) groups excluding carboxylic acids is 1. The van der Waals surface area contributed by atoms with Crippen molar-refractivity contribution in [1.82, 2.24) is 4.90 Å². The van der Waals surface area contributed by atoms with Gasteiger partial charge in [-0.25, -0.2) is 0 Å². The lowest BCUT2D eigenvalue weighted by Crippen LogP contribution is -2.45. The number of aliphatic hydroxyl groups is 1. The number of nitrogens with zero attached hydrogens (tertiary/aromatic N) is 1. The molecule has 0 radical (unpaired) electrons. The van der Waals surface area contributed by atoms with Crippen molar-refractivity contribution in [3.8, 4) is 11.8 Å². The summed E-state index contributed by atoms with van der Waals surface area (Å²) in [4.78, 5) is 14.4. The number of carbonyl (C=O) groups is 1. The Balaban J connectivity index is 2.26. The van der Waals surface area contributed by atoms with Crippen LogP contribution in [0.3, 0.4) is 0 Å². The van der Waals surface area contributed by atoms with Crippen molar-refractivity contribution in [2.75, 3.05) is 19.7 Å². The molecule has 1 aliphatic carbocycles. The molecular formula is C16H20N2O2. The van der Waals surface area contributed by atoms with Gasteiger partial charge in [-0.2, -0.15) is 0 Å². The van der Waals surface area contributed by atoms with Crippen LogP contribution < -0.4 is 5.73 Å². The molecule has 1 saturated carbocycles. The van der Waals surface area contributed by atoms with Gasteiger partial charge in [0.05, 0.1) is 18.7 Å². The van der Waals surface area contributed by atoms with E-state index in [1.807, 2.05) is 18.2 Å². The highest BCUT2D eigenvalue weighted by Gasteiger charge is 2.29. The van der Waals surface area contributed by atoms with Gasteiger partial charge < -0.3 is 15.7 Å². The van der Waals surface area contributed by atoms with Crippen molar-refractivity contribution in [1.29, 1.82) is 0 Å². The van der Waals surface area contributed by atoms with Crippen molar-refractivity contribution < 1.29 is 9.90 Å². The smallest absolute Gasteiger partial charge is 0.255 e. The first kappa shape index (κ1) is 14.6. The molecule has 3 N–H and O–H groups in total. The molecule has 0 aromatic heterocycles. The molecule has 0 aliphatic heterocycles. The Kier molecular flexibility index (Phi) is 5.16. The molecule has 0 bridgehead atoms. The van der Waals surface area contributed by atoms with Gasteiger partial charge in [-0.1, -0.05) is 24.0 Å². The summed E-state index contributed by atoms with van der Waals surface area (Å²) in [5.41, 5.74) is 6.68. The molecule has 20 heavy (non-hydrogen) atoms. The second-order valence-corrected chi connectivity index (χ2v) is 4.86. The molecule has 0 saturated heterocycles. The zero-order valence-corrected chi connectivity index (χ0v) is 11.5. The summed E-state index contributed by atoms with van der Waals surface area (Å²) in [5.74, 6) is 5.68. The van der Waals surface area contributed by atoms with Gasteiger partial charge in [0.25, 0.3) is 5.91 Å². The Bertz CT molecular complexity index is 527. The minimum atomic E-state index is -0.0503. The van der Waals surface area contributed by atoms with E-state index < -0.39 is 0 Å². The van der Waals surface area contributed by atoms with Crippen molar-refractivity contribution in [3.63, 3.8) is 0 Å². The normalized spacial score (nSPS) is 14.1. The molecule has 1 aromatic carbocycles. The van der Waals surface area contributed by atoms with Crippen LogP contribution in [0, 0.1) is 11.8 Å². The van der Waals surface area contributed by atoms with Crippen molar-refractivity contribution >= 4 is 5.91 Å². The van der Waals surface area contributed by atoms with Crippen molar-refractivity contribution in [2.24, 2.45) is 5.73 Å². The Hall–Kier alpha value is -1.83. The zero-order chi connectivity index (χ0) is 14.4. The fourth-order valence-corrected chi connectivity index (χ4v) is 2.34. The number of amides is 1. The molecule has 1 amide bonds. The SMILES string of the molecule is NCC#Cc1ccccc1C(=O)N(CCO)C1CCC1. The first-order chi connectivity index (χ1) is 9.77. The average Bonchev–Trinajstić information content (AvgIpc) is 2.42. The molecular weight excluding hydrogens is 252 g/mol. The maximum Gasteiger partial charge on any atom is 0.255 e. The van der Waals surface area contributed by atoms with Gasteiger partial charge in [0, 0.05) is 18.2 Å². The first-order valence-corrected chi connectivity index (χ1v) is 6.97. The number of nitrogens with two attached hydrogens (primary N) is 1. The molecule has 106 valence electrons. The maximum atomic E-state index is 12.7. The fraction of sp³-hybridized carbons (Fsp3) is 0.438. The molecule has 2 rings (SSSR count). The van der Waals surface area contributed by atoms with Crippen molar-refractivity contribution in [3.05, 3.63) is 35.4 Å². The molecule has 1 aliphatic rings. The third kappa shape index (κ3) is 3.19. The standard InChI is InChI=1S/C16H20N2O2/c17-10-4-6-13-5-1-2-9-15(13)16(20)18(11-12-19)14-7-3-8-14/h1-2,5,9,14,19H,3,7-8,10-12,17H2. The first-order valence-electron chi connectivity index (χ1n) is 6.97. The predicted octanol–water partition coefficient (Wildman–Crippen LogP) is 0.984. The van der Waals surface area contributed by atoms with Gasteiger partial charge in [0.15, 0.2) is 0 Å². The molecule has 0 heterocycles. The summed E-state index contributed by atoms with van der Waals surface area (Å²) in [6, 6.07) is 7.56. The topological polar surface area (TPSA) is 66.6 Å². The molecule has 1 fully saturated rings. The van der Waals surface area contributed by atoms with Gasteiger partial charge in [0.1, 0.15) is 0 Å². The number of rotatable bonds is 4. The lowest BCUT2D eigenvalue weighted by molar-refractivity contribution is 0.0525. The van der Waals surface area contributed by atoms with Gasteiger partial charge in [0.2, 0.25) is 0 Å².